The molecular formula is C29H34N2O7. The third kappa shape index (κ3) is 6.45. The maximum Gasteiger partial charge on any atom is 0.330 e. The van der Waals surface area contributed by atoms with E-state index >= 15 is 0 Å². The molecule has 0 saturated heterocycles. The highest BCUT2D eigenvalue weighted by molar-refractivity contribution is 5.70. The SMILES string of the molecule is CCOC(=O)CC(CCc1ccc(OCCn2c(=O)ccn(C)c2=O)c(OC)c1)c1ccc2c(c1)CCO2. The number of hydrogen-bond donors (Lipinski definition) is 0. The highest BCUT2D eigenvalue weighted by Crippen LogP contribution is 2.34. The van der Waals surface area contributed by atoms with E-state index in [1.165, 1.54) is 22.4 Å². The van der Waals surface area contributed by atoms with Crippen LogP contribution < -0.4 is 25.5 Å². The lowest BCUT2D eigenvalue weighted by Crippen LogP contribution is -2.39. The van der Waals surface area contributed by atoms with Gasteiger partial charge < -0.3 is 23.5 Å². The summed E-state index contributed by atoms with van der Waals surface area (Å²) >= 11 is 0. The van der Waals surface area contributed by atoms with E-state index in [0.717, 1.165) is 40.7 Å². The molecule has 0 N–H and O–H groups in total. The predicted molar refractivity (Wildman–Crippen MR) is 142 cm³/mol. The average molecular weight is 523 g/mol. The molecule has 0 fully saturated rings. The molecule has 0 aliphatic carbocycles. The van der Waals surface area contributed by atoms with Crippen molar-refractivity contribution in [2.75, 3.05) is 26.9 Å². The molecular weight excluding hydrogens is 488 g/mol. The van der Waals surface area contributed by atoms with Gasteiger partial charge in [-0.2, -0.15) is 0 Å². The van der Waals surface area contributed by atoms with Crippen LogP contribution >= 0.6 is 0 Å². The van der Waals surface area contributed by atoms with E-state index in [4.69, 9.17) is 18.9 Å². The first-order chi connectivity index (χ1) is 18.4. The number of hydrogen-bond acceptors (Lipinski definition) is 7. The van der Waals surface area contributed by atoms with Crippen LogP contribution in [0.15, 0.2) is 58.3 Å². The second kappa shape index (κ2) is 12.5. The highest BCUT2D eigenvalue weighted by atomic mass is 16.5. The number of methoxy groups -OCH3 is 1. The van der Waals surface area contributed by atoms with Gasteiger partial charge in [-0.1, -0.05) is 18.2 Å². The van der Waals surface area contributed by atoms with Crippen molar-refractivity contribution in [3.63, 3.8) is 0 Å². The topological polar surface area (TPSA) is 98.0 Å². The monoisotopic (exact) mass is 522 g/mol. The van der Waals surface area contributed by atoms with Gasteiger partial charge in [0.15, 0.2) is 11.5 Å². The summed E-state index contributed by atoms with van der Waals surface area (Å²) < 4.78 is 24.8. The zero-order valence-corrected chi connectivity index (χ0v) is 22.1. The summed E-state index contributed by atoms with van der Waals surface area (Å²) in [6.45, 7) is 3.12. The lowest BCUT2D eigenvalue weighted by atomic mass is 9.88. The number of carbonyl (C=O) groups excluding carboxylic acids is 1. The molecule has 0 radical (unpaired) electrons. The van der Waals surface area contributed by atoms with Crippen molar-refractivity contribution in [3.8, 4) is 17.2 Å². The Balaban J connectivity index is 1.43. The Morgan fingerprint density at radius 2 is 1.95 bits per heavy atom. The molecule has 1 atom stereocenters. The van der Waals surface area contributed by atoms with E-state index in [1.807, 2.05) is 37.3 Å². The Morgan fingerprint density at radius 1 is 1.11 bits per heavy atom. The number of aromatic nitrogens is 2. The van der Waals surface area contributed by atoms with Crippen molar-refractivity contribution >= 4 is 5.97 Å². The molecule has 1 aromatic heterocycles. The van der Waals surface area contributed by atoms with Crippen LogP contribution in [-0.2, 0) is 36.0 Å². The lowest BCUT2D eigenvalue weighted by molar-refractivity contribution is -0.143. The smallest absolute Gasteiger partial charge is 0.330 e. The van der Waals surface area contributed by atoms with Crippen LogP contribution in [0, 0.1) is 0 Å². The van der Waals surface area contributed by atoms with E-state index in [9.17, 15) is 14.4 Å². The van der Waals surface area contributed by atoms with Gasteiger partial charge >= 0.3 is 11.7 Å². The van der Waals surface area contributed by atoms with E-state index in [-0.39, 0.29) is 30.6 Å². The largest absolute Gasteiger partial charge is 0.493 e. The number of rotatable bonds is 12. The predicted octanol–water partition coefficient (Wildman–Crippen LogP) is 3.24. The second-order valence-corrected chi connectivity index (χ2v) is 9.24. The summed E-state index contributed by atoms with van der Waals surface area (Å²) in [4.78, 5) is 36.6. The van der Waals surface area contributed by atoms with Gasteiger partial charge in [0.2, 0.25) is 0 Å². The molecule has 1 aliphatic heterocycles. The van der Waals surface area contributed by atoms with Gasteiger partial charge in [-0.25, -0.2) is 4.79 Å². The summed E-state index contributed by atoms with van der Waals surface area (Å²) in [6, 6.07) is 13.2. The van der Waals surface area contributed by atoms with Crippen molar-refractivity contribution in [1.82, 2.24) is 9.13 Å². The van der Waals surface area contributed by atoms with E-state index in [1.54, 1.807) is 14.2 Å². The number of carbonyl (C=O) groups is 1. The molecule has 0 saturated carbocycles. The number of ether oxygens (including phenoxy) is 4. The molecule has 0 spiro atoms. The highest BCUT2D eigenvalue weighted by Gasteiger charge is 2.21. The van der Waals surface area contributed by atoms with E-state index in [2.05, 4.69) is 6.07 Å². The van der Waals surface area contributed by atoms with Crippen LogP contribution in [-0.4, -0.2) is 42.0 Å². The molecule has 9 nitrogen and oxygen atoms in total. The molecule has 2 heterocycles. The Bertz CT molecular complexity index is 1390. The number of esters is 1. The van der Waals surface area contributed by atoms with Crippen LogP contribution in [0.1, 0.15) is 42.4 Å². The molecule has 4 rings (SSSR count). The van der Waals surface area contributed by atoms with Crippen molar-refractivity contribution in [2.45, 2.75) is 45.1 Å². The fourth-order valence-electron chi connectivity index (χ4n) is 4.66. The first-order valence-corrected chi connectivity index (χ1v) is 12.9. The molecule has 1 unspecified atom stereocenters. The van der Waals surface area contributed by atoms with E-state index in [0.29, 0.717) is 31.1 Å². The Labute approximate surface area is 221 Å². The van der Waals surface area contributed by atoms with Crippen molar-refractivity contribution < 1.29 is 23.7 Å². The minimum Gasteiger partial charge on any atom is -0.493 e. The molecule has 1 aliphatic rings. The van der Waals surface area contributed by atoms with Gasteiger partial charge in [0.05, 0.1) is 33.3 Å². The van der Waals surface area contributed by atoms with Gasteiger partial charge in [0.1, 0.15) is 12.4 Å². The van der Waals surface area contributed by atoms with E-state index < -0.39 is 5.69 Å². The third-order valence-corrected chi connectivity index (χ3v) is 6.72. The maximum atomic E-state index is 12.4. The zero-order valence-electron chi connectivity index (χ0n) is 22.1. The molecule has 38 heavy (non-hydrogen) atoms. The second-order valence-electron chi connectivity index (χ2n) is 9.24. The van der Waals surface area contributed by atoms with Crippen LogP contribution in [0.3, 0.4) is 0 Å². The molecule has 0 bridgehead atoms. The molecule has 2 aromatic carbocycles. The maximum absolute atomic E-state index is 12.4. The standard InChI is InChI=1S/C29H34N2O7/c1-4-36-28(33)19-22(21-8-10-24-23(18-21)12-15-37-24)7-5-20-6-9-25(26(17-20)35-3)38-16-14-31-27(32)11-13-30(2)29(31)34/h6,8-11,13,17-18,22H,4-5,7,12,14-16,19H2,1-3H3. The summed E-state index contributed by atoms with van der Waals surface area (Å²) in [5.74, 6) is 1.81. The minimum absolute atomic E-state index is 0.00803. The van der Waals surface area contributed by atoms with Gasteiger partial charge in [-0.05, 0) is 60.6 Å². The lowest BCUT2D eigenvalue weighted by Gasteiger charge is -2.18. The van der Waals surface area contributed by atoms with Crippen molar-refractivity contribution in [3.05, 3.63) is 86.2 Å². The Kier molecular flexibility index (Phi) is 8.89. The molecule has 3 aromatic rings. The first kappa shape index (κ1) is 27.0. The Hall–Kier alpha value is -4.01. The number of fused-ring (bicyclic) bond motifs is 1. The first-order valence-electron chi connectivity index (χ1n) is 12.9. The van der Waals surface area contributed by atoms with Crippen molar-refractivity contribution in [2.24, 2.45) is 7.05 Å². The fraction of sp³-hybridized carbons (Fsp3) is 0.414. The summed E-state index contributed by atoms with van der Waals surface area (Å²) in [5, 5.41) is 0. The van der Waals surface area contributed by atoms with Crippen molar-refractivity contribution in [1.29, 1.82) is 0 Å². The van der Waals surface area contributed by atoms with Crippen LogP contribution in [0.25, 0.3) is 0 Å². The van der Waals surface area contributed by atoms with Gasteiger partial charge in [-0.3, -0.25) is 14.2 Å². The Morgan fingerprint density at radius 3 is 2.74 bits per heavy atom. The molecule has 9 heteroatoms. The summed E-state index contributed by atoms with van der Waals surface area (Å²) in [6.07, 6.45) is 4.11. The molecule has 0 amide bonds. The zero-order chi connectivity index (χ0) is 27.1. The fourth-order valence-corrected chi connectivity index (χ4v) is 4.66. The average Bonchev–Trinajstić information content (AvgIpc) is 3.39. The third-order valence-electron chi connectivity index (χ3n) is 6.72. The summed E-state index contributed by atoms with van der Waals surface area (Å²) in [5.41, 5.74) is 2.57. The number of nitrogens with zero attached hydrogens (tertiary/aromatic N) is 2. The van der Waals surface area contributed by atoms with Gasteiger partial charge in [0, 0.05) is 25.7 Å². The molecule has 202 valence electrons. The van der Waals surface area contributed by atoms with Gasteiger partial charge in [0.25, 0.3) is 5.56 Å². The minimum atomic E-state index is -0.392. The summed E-state index contributed by atoms with van der Waals surface area (Å²) in [7, 11) is 3.16. The van der Waals surface area contributed by atoms with Crippen LogP contribution in [0.2, 0.25) is 0 Å². The number of aryl methyl sites for hydroxylation is 2. The van der Waals surface area contributed by atoms with Crippen LogP contribution in [0.4, 0.5) is 0 Å². The normalized spacial score (nSPS) is 12.9. The quantitative estimate of drug-likeness (QED) is 0.337. The van der Waals surface area contributed by atoms with Gasteiger partial charge in [-0.15, -0.1) is 0 Å². The van der Waals surface area contributed by atoms with Crippen LogP contribution in [0.5, 0.6) is 17.2 Å². The number of benzene rings is 2.